The second-order valence-corrected chi connectivity index (χ2v) is 11.8. The summed E-state index contributed by atoms with van der Waals surface area (Å²) in [5, 5.41) is 2.42. The first kappa shape index (κ1) is 31.3. The number of hydrogen-bond donors (Lipinski definition) is 0. The highest BCUT2D eigenvalue weighted by Gasteiger charge is 2.16. The van der Waals surface area contributed by atoms with Gasteiger partial charge in [-0.1, -0.05) is 171 Å². The minimum absolute atomic E-state index is 0. The summed E-state index contributed by atoms with van der Waals surface area (Å²) in [7, 11) is 0. The second-order valence-electron chi connectivity index (χ2n) is 11.8. The topological polar surface area (TPSA) is 51.0 Å². The first-order valence-electron chi connectivity index (χ1n) is 16.3. The van der Waals surface area contributed by atoms with Crippen LogP contribution in [-0.2, 0) is 0 Å². The van der Waals surface area contributed by atoms with Gasteiger partial charge in [-0.05, 0) is 51.1 Å². The predicted octanol–water partition coefficient (Wildman–Crippen LogP) is 11.1. The van der Waals surface area contributed by atoms with Crippen molar-refractivity contribution in [2.45, 2.75) is 13.8 Å². The van der Waals surface area contributed by atoms with Gasteiger partial charge in [0.1, 0.15) is 0 Å². The monoisotopic (exact) mass is 632 g/mol. The molecule has 8 rings (SSSR count). The largest absolute Gasteiger partial charge is 0.281 e. The highest BCUT2D eigenvalue weighted by Crippen LogP contribution is 2.39. The second kappa shape index (κ2) is 14.2. The van der Waals surface area contributed by atoms with Crippen molar-refractivity contribution in [1.29, 1.82) is 0 Å². The molecule has 0 N–H and O–H groups in total. The lowest BCUT2D eigenvalue weighted by Gasteiger charge is -2.15. The summed E-state index contributed by atoms with van der Waals surface area (Å²) in [4.78, 5) is 19.6. The van der Waals surface area contributed by atoms with Gasteiger partial charge >= 0.3 is 0 Å². The zero-order chi connectivity index (χ0) is 32.1. The molecule has 0 unspecified atom stereocenters. The van der Waals surface area contributed by atoms with E-state index in [0.717, 1.165) is 45.5 Å². The summed E-state index contributed by atoms with van der Waals surface area (Å²) >= 11 is 0. The lowest BCUT2D eigenvalue weighted by atomic mass is 9.89. The van der Waals surface area contributed by atoms with Gasteiger partial charge in [-0.3, -0.25) is 4.99 Å². The zero-order valence-corrected chi connectivity index (χ0v) is 26.4. The Bertz CT molecular complexity index is 2300. The molecule has 0 fully saturated rings. The van der Waals surface area contributed by atoms with Crippen LogP contribution in [0.15, 0.2) is 175 Å². The predicted molar refractivity (Wildman–Crippen MR) is 206 cm³/mol. The Balaban J connectivity index is 0.00000378. The Labute approximate surface area is 288 Å². The van der Waals surface area contributed by atoms with E-state index in [4.69, 9.17) is 19.9 Å². The third kappa shape index (κ3) is 6.63. The van der Waals surface area contributed by atoms with Gasteiger partial charge in [-0.2, -0.15) is 0 Å². The lowest BCUT2D eigenvalue weighted by Crippen LogP contribution is -2.02. The Morgan fingerprint density at radius 2 is 1.12 bits per heavy atom. The molecule has 4 nitrogen and oxygen atoms in total. The van der Waals surface area contributed by atoms with E-state index in [0.29, 0.717) is 24.0 Å². The molecule has 49 heavy (non-hydrogen) atoms. The molecule has 1 aliphatic heterocycles. The summed E-state index contributed by atoms with van der Waals surface area (Å²) in [6.45, 7) is 0.695. The molecule has 0 bridgehead atoms. The number of hydrogen-bond acceptors (Lipinski definition) is 4. The van der Waals surface area contributed by atoms with E-state index in [1.54, 1.807) is 0 Å². The van der Waals surface area contributed by atoms with Crippen molar-refractivity contribution in [2.24, 2.45) is 4.99 Å². The summed E-state index contributed by atoms with van der Waals surface area (Å²) in [6.07, 6.45) is 19.3. The maximum atomic E-state index is 4.99. The van der Waals surface area contributed by atoms with Crippen molar-refractivity contribution in [3.8, 4) is 45.0 Å². The van der Waals surface area contributed by atoms with Crippen LogP contribution in [0.2, 0.25) is 0 Å². The van der Waals surface area contributed by atoms with Gasteiger partial charge in [0, 0.05) is 16.7 Å². The lowest BCUT2D eigenvalue weighted by molar-refractivity contribution is 1.02. The first-order chi connectivity index (χ1) is 23.8. The zero-order valence-electron chi connectivity index (χ0n) is 26.4. The minimum atomic E-state index is 0. The van der Waals surface area contributed by atoms with E-state index in [2.05, 4.69) is 115 Å². The molecule has 0 radical (unpaired) electrons. The SMILES string of the molecule is C.C1=CC=C(c2nc(-c3ccccc3)nc(-c3ccc(-c4c(-c5ccc(C6=NCC=CC=C6)cc5)ccc5ccccc45)cc3)n2)CC=C1. The molecule has 1 aliphatic carbocycles. The quantitative estimate of drug-likeness (QED) is 0.184. The van der Waals surface area contributed by atoms with Gasteiger partial charge in [0.05, 0.1) is 12.3 Å². The normalized spacial score (nSPS) is 13.7. The Hall–Kier alpha value is -6.26. The molecule has 0 saturated heterocycles. The minimum Gasteiger partial charge on any atom is -0.281 e. The Kier molecular flexibility index (Phi) is 9.11. The molecule has 1 aromatic heterocycles. The van der Waals surface area contributed by atoms with Gasteiger partial charge in [0.25, 0.3) is 0 Å². The Morgan fingerprint density at radius 3 is 1.94 bits per heavy atom. The van der Waals surface area contributed by atoms with Crippen molar-refractivity contribution in [3.05, 3.63) is 181 Å². The highest BCUT2D eigenvalue weighted by atomic mass is 15.0. The average Bonchev–Trinajstić information content (AvgIpc) is 3.61. The molecule has 0 spiro atoms. The van der Waals surface area contributed by atoms with E-state index < -0.39 is 0 Å². The molecule has 236 valence electrons. The van der Waals surface area contributed by atoms with Crippen LogP contribution in [0.3, 0.4) is 0 Å². The van der Waals surface area contributed by atoms with Crippen molar-refractivity contribution in [3.63, 3.8) is 0 Å². The molecule has 6 aromatic rings. The molecular weight excluding hydrogens is 597 g/mol. The van der Waals surface area contributed by atoms with Crippen LogP contribution in [0.25, 0.3) is 61.4 Å². The van der Waals surface area contributed by atoms with E-state index >= 15 is 0 Å². The third-order valence-electron chi connectivity index (χ3n) is 8.67. The number of aliphatic imine (C=N–C) groups is 1. The average molecular weight is 633 g/mol. The van der Waals surface area contributed by atoms with Gasteiger partial charge < -0.3 is 0 Å². The molecular formula is C45H36N4. The standard InChI is InChI=1S/C44H32N4.CH4/c1-2-6-15-35(14-5-1)42-46-43(36-16-7-3-8-17-36)48-44(47-42)37-26-24-34(25-27-37)41-38-18-11-10-13-31(38)28-29-39(41)32-20-22-33(23-21-32)40-19-9-4-12-30-45-40;/h1-14,16-29H,15,30H2;1H4. The fraction of sp³-hybridized carbons (Fsp3) is 0.0667. The van der Waals surface area contributed by atoms with Crippen LogP contribution in [0, 0.1) is 0 Å². The van der Waals surface area contributed by atoms with Gasteiger partial charge in [-0.25, -0.2) is 15.0 Å². The van der Waals surface area contributed by atoms with E-state index in [1.807, 2.05) is 54.6 Å². The van der Waals surface area contributed by atoms with E-state index in [9.17, 15) is 0 Å². The van der Waals surface area contributed by atoms with Crippen LogP contribution >= 0.6 is 0 Å². The molecule has 4 heteroatoms. The van der Waals surface area contributed by atoms with E-state index in [1.165, 1.54) is 21.9 Å². The van der Waals surface area contributed by atoms with Gasteiger partial charge in [0.2, 0.25) is 0 Å². The summed E-state index contributed by atoms with van der Waals surface area (Å²) in [6, 6.07) is 40.5. The first-order valence-corrected chi connectivity index (χ1v) is 16.3. The van der Waals surface area contributed by atoms with Crippen molar-refractivity contribution < 1.29 is 0 Å². The van der Waals surface area contributed by atoms with Crippen molar-refractivity contribution in [1.82, 2.24) is 15.0 Å². The molecule has 0 atom stereocenters. The maximum Gasteiger partial charge on any atom is 0.164 e. The number of fused-ring (bicyclic) bond motifs is 1. The van der Waals surface area contributed by atoms with Crippen LogP contribution < -0.4 is 0 Å². The molecule has 5 aromatic carbocycles. The summed E-state index contributed by atoms with van der Waals surface area (Å²) < 4.78 is 0. The van der Waals surface area contributed by atoms with Crippen LogP contribution in [0.1, 0.15) is 25.2 Å². The highest BCUT2D eigenvalue weighted by molar-refractivity contribution is 6.09. The molecule has 0 amide bonds. The molecule has 2 heterocycles. The van der Waals surface area contributed by atoms with Crippen molar-refractivity contribution >= 4 is 22.1 Å². The molecule has 2 aliphatic rings. The van der Waals surface area contributed by atoms with Crippen molar-refractivity contribution in [2.75, 3.05) is 6.54 Å². The number of aromatic nitrogens is 3. The number of nitrogens with zero attached hydrogens (tertiary/aromatic N) is 4. The van der Waals surface area contributed by atoms with E-state index in [-0.39, 0.29) is 7.43 Å². The fourth-order valence-electron chi connectivity index (χ4n) is 6.22. The van der Waals surface area contributed by atoms with Crippen LogP contribution in [0.4, 0.5) is 0 Å². The third-order valence-corrected chi connectivity index (χ3v) is 8.67. The van der Waals surface area contributed by atoms with Crippen LogP contribution in [0.5, 0.6) is 0 Å². The molecule has 0 saturated carbocycles. The summed E-state index contributed by atoms with van der Waals surface area (Å²) in [5.41, 5.74) is 9.76. The van der Waals surface area contributed by atoms with Gasteiger partial charge in [0.15, 0.2) is 17.5 Å². The van der Waals surface area contributed by atoms with Gasteiger partial charge in [-0.15, -0.1) is 0 Å². The van der Waals surface area contributed by atoms with Crippen LogP contribution in [-0.4, -0.2) is 27.2 Å². The number of allylic oxidation sites excluding steroid dienone is 9. The smallest absolute Gasteiger partial charge is 0.164 e. The number of benzene rings is 5. The fourth-order valence-corrected chi connectivity index (χ4v) is 6.22. The summed E-state index contributed by atoms with van der Waals surface area (Å²) in [5.74, 6) is 2.02. The maximum absolute atomic E-state index is 4.99. The number of rotatable bonds is 6. The Morgan fingerprint density at radius 1 is 0.469 bits per heavy atom.